The Morgan fingerprint density at radius 2 is 1.60 bits per heavy atom. The first kappa shape index (κ1) is 20.9. The highest BCUT2D eigenvalue weighted by molar-refractivity contribution is 5.78. The Labute approximate surface area is 149 Å². The summed E-state index contributed by atoms with van der Waals surface area (Å²) in [7, 11) is 0. The van der Waals surface area contributed by atoms with Gasteiger partial charge in [-0.1, -0.05) is 6.92 Å². The maximum absolute atomic E-state index is 12.2. The fourth-order valence-electron chi connectivity index (χ4n) is 1.98. The first-order chi connectivity index (χ1) is 11.4. The lowest BCUT2D eigenvalue weighted by atomic mass is 9.97. The quantitative estimate of drug-likeness (QED) is 0.763. The molecule has 0 aliphatic carbocycles. The van der Waals surface area contributed by atoms with Gasteiger partial charge in [-0.05, 0) is 48.0 Å². The van der Waals surface area contributed by atoms with Crippen LogP contribution < -0.4 is 10.2 Å². The van der Waals surface area contributed by atoms with Gasteiger partial charge in [-0.25, -0.2) is 0 Å². The third kappa shape index (κ3) is 5.73. The molecule has 1 heterocycles. The third-order valence-corrected chi connectivity index (χ3v) is 3.56. The minimum Gasteiger partial charge on any atom is -0.463 e. The van der Waals surface area contributed by atoms with Crippen LogP contribution in [0.4, 0.5) is 0 Å². The summed E-state index contributed by atoms with van der Waals surface area (Å²) in [5.41, 5.74) is -1.00. The summed E-state index contributed by atoms with van der Waals surface area (Å²) in [6.07, 6.45) is 2.14. The van der Waals surface area contributed by atoms with Crippen LogP contribution in [0.15, 0.2) is 17.1 Å². The van der Waals surface area contributed by atoms with Crippen molar-refractivity contribution >= 4 is 11.9 Å². The van der Waals surface area contributed by atoms with Gasteiger partial charge >= 0.3 is 11.9 Å². The van der Waals surface area contributed by atoms with Gasteiger partial charge in [0.2, 0.25) is 5.43 Å². The van der Waals surface area contributed by atoms with E-state index >= 15 is 0 Å². The predicted octanol–water partition coefficient (Wildman–Crippen LogP) is 2.95. The molecule has 0 fully saturated rings. The molecule has 140 valence electrons. The molecule has 6 nitrogen and oxygen atoms in total. The van der Waals surface area contributed by atoms with Crippen LogP contribution in [-0.4, -0.2) is 23.1 Å². The number of rotatable bonds is 5. The van der Waals surface area contributed by atoms with E-state index in [1.807, 2.05) is 6.92 Å². The van der Waals surface area contributed by atoms with Crippen LogP contribution >= 0.6 is 0 Å². The average molecular weight is 351 g/mol. The van der Waals surface area contributed by atoms with Crippen molar-refractivity contribution in [1.29, 1.82) is 0 Å². The van der Waals surface area contributed by atoms with Gasteiger partial charge in [0.25, 0.3) is 0 Å². The zero-order valence-corrected chi connectivity index (χ0v) is 16.3. The number of aromatic nitrogens is 1. The van der Waals surface area contributed by atoms with Gasteiger partial charge in [-0.2, -0.15) is 0 Å². The molecule has 0 saturated heterocycles. The van der Waals surface area contributed by atoms with Crippen LogP contribution in [-0.2, 0) is 27.3 Å². The Bertz CT molecular complexity index is 689. The summed E-state index contributed by atoms with van der Waals surface area (Å²) in [5, 5.41) is 0. The van der Waals surface area contributed by atoms with E-state index < -0.39 is 16.8 Å². The summed E-state index contributed by atoms with van der Waals surface area (Å²) in [4.78, 5) is 36.1. The molecule has 0 radical (unpaired) electrons. The van der Waals surface area contributed by atoms with Gasteiger partial charge in [0.1, 0.15) is 6.61 Å². The fourth-order valence-corrected chi connectivity index (χ4v) is 1.98. The highest BCUT2D eigenvalue weighted by Crippen LogP contribution is 2.21. The van der Waals surface area contributed by atoms with Gasteiger partial charge in [0, 0.05) is 12.3 Å². The molecule has 1 rings (SSSR count). The second kappa shape index (κ2) is 7.85. The van der Waals surface area contributed by atoms with Crippen molar-refractivity contribution in [2.24, 2.45) is 10.8 Å². The number of hydrogen-bond donors (Lipinski definition) is 0. The number of carbonyl (C=O) groups is 2. The molecule has 1 aromatic rings. The number of nitrogens with zero attached hydrogens (tertiary/aromatic N) is 1. The molecule has 0 saturated carbocycles. The molecule has 6 heteroatoms. The number of carbonyl (C=O) groups excluding carboxylic acids is 2. The molecule has 25 heavy (non-hydrogen) atoms. The molecular weight excluding hydrogens is 322 g/mol. The second-order valence-corrected chi connectivity index (χ2v) is 8.03. The average Bonchev–Trinajstić information content (AvgIpc) is 2.48. The van der Waals surface area contributed by atoms with Gasteiger partial charge in [0.15, 0.2) is 5.75 Å². The van der Waals surface area contributed by atoms with E-state index in [0.717, 1.165) is 0 Å². The van der Waals surface area contributed by atoms with Gasteiger partial charge in [-0.3, -0.25) is 14.4 Å². The zero-order valence-electron chi connectivity index (χ0n) is 16.3. The number of pyridine rings is 1. The number of esters is 2. The monoisotopic (exact) mass is 351 g/mol. The summed E-state index contributed by atoms with van der Waals surface area (Å²) in [6, 6.07) is 1.36. The summed E-state index contributed by atoms with van der Waals surface area (Å²) in [6.45, 7) is 13.0. The SMILES string of the molecule is CCc1c(OC(=O)C(C)(C)C)c(=O)ccn1CCOC(=O)C(C)(C)C. The van der Waals surface area contributed by atoms with E-state index in [9.17, 15) is 14.4 Å². The molecule has 0 aliphatic rings. The Hall–Kier alpha value is -2.11. The molecule has 0 aromatic carbocycles. The molecule has 0 spiro atoms. The number of hydrogen-bond acceptors (Lipinski definition) is 5. The second-order valence-electron chi connectivity index (χ2n) is 8.03. The third-order valence-electron chi connectivity index (χ3n) is 3.56. The van der Waals surface area contributed by atoms with E-state index in [4.69, 9.17) is 9.47 Å². The summed E-state index contributed by atoms with van der Waals surface area (Å²) < 4.78 is 12.4. The molecule has 0 atom stereocenters. The van der Waals surface area contributed by atoms with E-state index in [0.29, 0.717) is 18.7 Å². The molecule has 0 bridgehead atoms. The molecule has 1 aromatic heterocycles. The molecule has 0 amide bonds. The van der Waals surface area contributed by atoms with Crippen molar-refractivity contribution in [3.05, 3.63) is 28.2 Å². The van der Waals surface area contributed by atoms with Crippen molar-refractivity contribution in [2.45, 2.75) is 61.4 Å². The van der Waals surface area contributed by atoms with Crippen molar-refractivity contribution in [1.82, 2.24) is 4.57 Å². The van der Waals surface area contributed by atoms with Crippen molar-refractivity contribution in [3.63, 3.8) is 0 Å². The zero-order chi connectivity index (χ0) is 19.4. The van der Waals surface area contributed by atoms with E-state index in [-0.39, 0.29) is 23.8 Å². The highest BCUT2D eigenvalue weighted by atomic mass is 16.5. The van der Waals surface area contributed by atoms with Gasteiger partial charge < -0.3 is 14.0 Å². The van der Waals surface area contributed by atoms with E-state index in [2.05, 4.69) is 0 Å². The van der Waals surface area contributed by atoms with E-state index in [1.54, 1.807) is 52.3 Å². The Kier molecular flexibility index (Phi) is 6.57. The van der Waals surface area contributed by atoms with Crippen molar-refractivity contribution < 1.29 is 19.1 Å². The van der Waals surface area contributed by atoms with Crippen LogP contribution in [0.2, 0.25) is 0 Å². The maximum atomic E-state index is 12.2. The van der Waals surface area contributed by atoms with Gasteiger partial charge in [-0.15, -0.1) is 0 Å². The summed E-state index contributed by atoms with van der Waals surface area (Å²) in [5.74, 6) is -0.700. The van der Waals surface area contributed by atoms with Crippen LogP contribution in [0.25, 0.3) is 0 Å². The topological polar surface area (TPSA) is 74.6 Å². The Morgan fingerprint density at radius 1 is 1.04 bits per heavy atom. The normalized spacial score (nSPS) is 12.0. The van der Waals surface area contributed by atoms with Crippen LogP contribution in [0.3, 0.4) is 0 Å². The smallest absolute Gasteiger partial charge is 0.316 e. The lowest BCUT2D eigenvalue weighted by Gasteiger charge is -2.20. The largest absolute Gasteiger partial charge is 0.463 e. The standard InChI is InChI=1S/C19H29NO5/c1-8-13-15(25-17(23)19(5,6)7)14(21)9-10-20(13)11-12-24-16(22)18(2,3)4/h9-10H,8,11-12H2,1-7H3. The minimum absolute atomic E-state index is 0.0482. The lowest BCUT2D eigenvalue weighted by molar-refractivity contribution is -0.153. The molecule has 0 unspecified atom stereocenters. The van der Waals surface area contributed by atoms with Crippen LogP contribution in [0, 0.1) is 10.8 Å². The van der Waals surface area contributed by atoms with E-state index in [1.165, 1.54) is 6.07 Å². The fraction of sp³-hybridized carbons (Fsp3) is 0.632. The molecule has 0 N–H and O–H groups in total. The van der Waals surface area contributed by atoms with Crippen molar-refractivity contribution in [2.75, 3.05) is 6.61 Å². The Balaban J connectivity index is 2.99. The van der Waals surface area contributed by atoms with Crippen LogP contribution in [0.5, 0.6) is 5.75 Å². The highest BCUT2D eigenvalue weighted by Gasteiger charge is 2.26. The van der Waals surface area contributed by atoms with Crippen molar-refractivity contribution in [3.8, 4) is 5.75 Å². The first-order valence-electron chi connectivity index (χ1n) is 8.49. The maximum Gasteiger partial charge on any atom is 0.316 e. The minimum atomic E-state index is -0.708. The lowest BCUT2D eigenvalue weighted by Crippen LogP contribution is -2.29. The Morgan fingerprint density at radius 3 is 2.08 bits per heavy atom. The van der Waals surface area contributed by atoms with Crippen LogP contribution in [0.1, 0.15) is 54.2 Å². The molecular formula is C19H29NO5. The first-order valence-corrected chi connectivity index (χ1v) is 8.49. The molecule has 0 aliphatic heterocycles. The van der Waals surface area contributed by atoms with Gasteiger partial charge in [0.05, 0.1) is 23.1 Å². The summed E-state index contributed by atoms with van der Waals surface area (Å²) >= 11 is 0. The predicted molar refractivity (Wildman–Crippen MR) is 95.6 cm³/mol. The number of ether oxygens (including phenoxy) is 2.